The van der Waals surface area contributed by atoms with Gasteiger partial charge in [-0.25, -0.2) is 13.8 Å². The van der Waals surface area contributed by atoms with Crippen LogP contribution in [0.5, 0.6) is 0 Å². The highest BCUT2D eigenvalue weighted by atomic mass is 19.1. The van der Waals surface area contributed by atoms with Gasteiger partial charge in [-0.05, 0) is 31.5 Å². The van der Waals surface area contributed by atoms with Crippen LogP contribution in [0.3, 0.4) is 0 Å². The van der Waals surface area contributed by atoms with Crippen LogP contribution in [-0.4, -0.2) is 19.7 Å². The van der Waals surface area contributed by atoms with E-state index in [9.17, 15) is 8.78 Å². The zero-order chi connectivity index (χ0) is 18.0. The minimum atomic E-state index is -0.609. The molecule has 130 valence electrons. The summed E-state index contributed by atoms with van der Waals surface area (Å²) in [5.41, 5.74) is 2.08. The van der Waals surface area contributed by atoms with Gasteiger partial charge in [0.1, 0.15) is 17.5 Å². The SMILES string of the molecule is Cc1cnc(Nc2cnn(C)c2)nc1NC(C)c1cc(F)cc(F)c1. The number of hydrogen-bond acceptors (Lipinski definition) is 5. The topological polar surface area (TPSA) is 67.7 Å². The van der Waals surface area contributed by atoms with E-state index in [0.717, 1.165) is 17.3 Å². The molecule has 0 aliphatic heterocycles. The van der Waals surface area contributed by atoms with Gasteiger partial charge in [0.25, 0.3) is 0 Å². The quantitative estimate of drug-likeness (QED) is 0.738. The summed E-state index contributed by atoms with van der Waals surface area (Å²) in [6.07, 6.45) is 5.13. The van der Waals surface area contributed by atoms with Crippen molar-refractivity contribution in [1.29, 1.82) is 0 Å². The lowest BCUT2D eigenvalue weighted by atomic mass is 10.1. The van der Waals surface area contributed by atoms with Crippen molar-refractivity contribution >= 4 is 17.5 Å². The molecule has 0 fully saturated rings. The lowest BCUT2D eigenvalue weighted by molar-refractivity contribution is 0.577. The van der Waals surface area contributed by atoms with Gasteiger partial charge in [0.05, 0.1) is 17.9 Å². The Balaban J connectivity index is 1.80. The number of rotatable bonds is 5. The number of nitrogens with zero attached hydrogens (tertiary/aromatic N) is 4. The Morgan fingerprint density at radius 2 is 1.84 bits per heavy atom. The summed E-state index contributed by atoms with van der Waals surface area (Å²) in [5, 5.41) is 10.3. The molecule has 2 aromatic heterocycles. The van der Waals surface area contributed by atoms with Crippen molar-refractivity contribution < 1.29 is 8.78 Å². The molecule has 0 aliphatic rings. The minimum absolute atomic E-state index is 0.329. The first kappa shape index (κ1) is 16.8. The third kappa shape index (κ3) is 4.09. The number of nitrogens with one attached hydrogen (secondary N) is 2. The molecule has 0 radical (unpaired) electrons. The van der Waals surface area contributed by atoms with Crippen LogP contribution >= 0.6 is 0 Å². The van der Waals surface area contributed by atoms with Gasteiger partial charge in [-0.15, -0.1) is 0 Å². The highest BCUT2D eigenvalue weighted by Gasteiger charge is 2.12. The molecule has 0 saturated carbocycles. The molecule has 0 amide bonds. The van der Waals surface area contributed by atoms with Crippen LogP contribution in [0.25, 0.3) is 0 Å². The van der Waals surface area contributed by atoms with Gasteiger partial charge in [-0.2, -0.15) is 10.1 Å². The average Bonchev–Trinajstić information content (AvgIpc) is 2.94. The number of benzene rings is 1. The Bertz CT molecular complexity index is 872. The fraction of sp³-hybridized carbons (Fsp3) is 0.235. The van der Waals surface area contributed by atoms with Crippen LogP contribution in [-0.2, 0) is 7.05 Å². The second-order valence-corrected chi connectivity index (χ2v) is 5.82. The van der Waals surface area contributed by atoms with Crippen molar-refractivity contribution in [3.05, 3.63) is 59.6 Å². The number of hydrogen-bond donors (Lipinski definition) is 2. The first-order valence-electron chi connectivity index (χ1n) is 7.72. The molecule has 0 bridgehead atoms. The van der Waals surface area contributed by atoms with E-state index in [-0.39, 0.29) is 6.04 Å². The van der Waals surface area contributed by atoms with Gasteiger partial charge in [-0.3, -0.25) is 4.68 Å². The van der Waals surface area contributed by atoms with Crippen molar-refractivity contribution in [3.8, 4) is 0 Å². The van der Waals surface area contributed by atoms with Crippen LogP contribution in [0.15, 0.2) is 36.8 Å². The molecule has 3 rings (SSSR count). The predicted octanol–water partition coefficient (Wildman–Crippen LogP) is 3.71. The molecule has 0 spiro atoms. The lowest BCUT2D eigenvalue weighted by Crippen LogP contribution is -2.11. The Morgan fingerprint density at radius 1 is 1.12 bits per heavy atom. The number of anilines is 3. The summed E-state index contributed by atoms with van der Waals surface area (Å²) >= 11 is 0. The van der Waals surface area contributed by atoms with E-state index in [1.165, 1.54) is 12.1 Å². The van der Waals surface area contributed by atoms with E-state index in [2.05, 4.69) is 25.7 Å². The monoisotopic (exact) mass is 344 g/mol. The van der Waals surface area contributed by atoms with Crippen molar-refractivity contribution in [2.24, 2.45) is 7.05 Å². The Morgan fingerprint density at radius 3 is 2.48 bits per heavy atom. The van der Waals surface area contributed by atoms with Gasteiger partial charge < -0.3 is 10.6 Å². The molecule has 25 heavy (non-hydrogen) atoms. The smallest absolute Gasteiger partial charge is 0.229 e. The number of aryl methyl sites for hydroxylation is 2. The van der Waals surface area contributed by atoms with Crippen molar-refractivity contribution in [1.82, 2.24) is 19.7 Å². The lowest BCUT2D eigenvalue weighted by Gasteiger charge is -2.17. The molecule has 1 aromatic carbocycles. The largest absolute Gasteiger partial charge is 0.363 e. The molecular formula is C17H18F2N6. The highest BCUT2D eigenvalue weighted by Crippen LogP contribution is 2.23. The second-order valence-electron chi connectivity index (χ2n) is 5.82. The summed E-state index contributed by atoms with van der Waals surface area (Å²) in [7, 11) is 1.81. The fourth-order valence-electron chi connectivity index (χ4n) is 2.38. The minimum Gasteiger partial charge on any atom is -0.363 e. The van der Waals surface area contributed by atoms with Gasteiger partial charge in [-0.1, -0.05) is 0 Å². The van der Waals surface area contributed by atoms with E-state index in [4.69, 9.17) is 0 Å². The first-order chi connectivity index (χ1) is 11.9. The zero-order valence-corrected chi connectivity index (χ0v) is 14.1. The zero-order valence-electron chi connectivity index (χ0n) is 14.1. The molecular weight excluding hydrogens is 326 g/mol. The van der Waals surface area contributed by atoms with E-state index in [0.29, 0.717) is 17.3 Å². The Hall–Kier alpha value is -3.03. The molecule has 1 atom stereocenters. The van der Waals surface area contributed by atoms with Gasteiger partial charge >= 0.3 is 0 Å². The predicted molar refractivity (Wildman–Crippen MR) is 91.7 cm³/mol. The van der Waals surface area contributed by atoms with Crippen molar-refractivity contribution in [2.75, 3.05) is 10.6 Å². The van der Waals surface area contributed by atoms with Crippen molar-refractivity contribution in [3.63, 3.8) is 0 Å². The molecule has 8 heteroatoms. The molecule has 3 aromatic rings. The molecule has 6 nitrogen and oxygen atoms in total. The van der Waals surface area contributed by atoms with Crippen LogP contribution < -0.4 is 10.6 Å². The number of aromatic nitrogens is 4. The summed E-state index contributed by atoms with van der Waals surface area (Å²) in [6, 6.07) is 3.12. The van der Waals surface area contributed by atoms with Crippen LogP contribution in [0.1, 0.15) is 24.1 Å². The molecule has 2 N–H and O–H groups in total. The maximum absolute atomic E-state index is 13.4. The summed E-state index contributed by atoms with van der Waals surface area (Å²) < 4.78 is 28.5. The second kappa shape index (κ2) is 6.84. The van der Waals surface area contributed by atoms with Crippen LogP contribution in [0, 0.1) is 18.6 Å². The van der Waals surface area contributed by atoms with Gasteiger partial charge in [0, 0.05) is 31.1 Å². The molecule has 2 heterocycles. The van der Waals surface area contributed by atoms with Crippen LogP contribution in [0.2, 0.25) is 0 Å². The average molecular weight is 344 g/mol. The standard InChI is InChI=1S/C17H18F2N6/c1-10-7-20-17(23-15-8-21-25(3)9-15)24-16(10)22-11(2)12-4-13(18)6-14(19)5-12/h4-9,11H,1-3H3,(H2,20,22,23,24). The Kier molecular flexibility index (Phi) is 4.60. The summed E-state index contributed by atoms with van der Waals surface area (Å²) in [4.78, 5) is 8.66. The third-order valence-electron chi connectivity index (χ3n) is 3.67. The van der Waals surface area contributed by atoms with E-state index in [1.54, 1.807) is 23.3 Å². The molecule has 0 aliphatic carbocycles. The van der Waals surface area contributed by atoms with Crippen molar-refractivity contribution in [2.45, 2.75) is 19.9 Å². The van der Waals surface area contributed by atoms with Gasteiger partial charge in [0.2, 0.25) is 5.95 Å². The maximum atomic E-state index is 13.4. The summed E-state index contributed by atoms with van der Waals surface area (Å²) in [5.74, 6) is -0.235. The maximum Gasteiger partial charge on any atom is 0.229 e. The fourth-order valence-corrected chi connectivity index (χ4v) is 2.38. The first-order valence-corrected chi connectivity index (χ1v) is 7.72. The highest BCUT2D eigenvalue weighted by molar-refractivity contribution is 5.54. The van der Waals surface area contributed by atoms with E-state index in [1.807, 2.05) is 20.9 Å². The Labute approximate surface area is 143 Å². The normalized spacial score (nSPS) is 12.0. The summed E-state index contributed by atoms with van der Waals surface area (Å²) in [6.45, 7) is 3.67. The molecule has 0 saturated heterocycles. The van der Waals surface area contributed by atoms with Gasteiger partial charge in [0.15, 0.2) is 0 Å². The van der Waals surface area contributed by atoms with Crippen LogP contribution in [0.4, 0.5) is 26.2 Å². The molecule has 1 unspecified atom stereocenters. The number of halogens is 2. The van der Waals surface area contributed by atoms with E-state index < -0.39 is 11.6 Å². The third-order valence-corrected chi connectivity index (χ3v) is 3.67. The van der Waals surface area contributed by atoms with E-state index >= 15 is 0 Å².